The number of aliphatic imine (C=N–C) groups is 1. The van der Waals surface area contributed by atoms with E-state index in [0.29, 0.717) is 18.5 Å². The van der Waals surface area contributed by atoms with Crippen LogP contribution >= 0.6 is 0 Å². The number of nitrogens with zero attached hydrogens (tertiary/aromatic N) is 2. The fourth-order valence-corrected chi connectivity index (χ4v) is 2.75. The van der Waals surface area contributed by atoms with Crippen molar-refractivity contribution in [3.05, 3.63) is 18.2 Å². The first-order chi connectivity index (χ1) is 14.1. The molecule has 0 bridgehead atoms. The van der Waals surface area contributed by atoms with E-state index in [1.54, 1.807) is 0 Å². The van der Waals surface area contributed by atoms with Crippen LogP contribution in [0.5, 0.6) is 0 Å². The fourth-order valence-electron chi connectivity index (χ4n) is 2.75. The van der Waals surface area contributed by atoms with Crippen molar-refractivity contribution in [1.29, 1.82) is 0 Å². The van der Waals surface area contributed by atoms with E-state index in [1.807, 2.05) is 13.8 Å². The smallest absolute Gasteiger partial charge is 0.326 e. The van der Waals surface area contributed by atoms with Crippen LogP contribution < -0.4 is 27.8 Å². The summed E-state index contributed by atoms with van der Waals surface area (Å²) in [5.41, 5.74) is 17.0. The molecule has 30 heavy (non-hydrogen) atoms. The zero-order valence-corrected chi connectivity index (χ0v) is 17.3. The van der Waals surface area contributed by atoms with E-state index in [4.69, 9.17) is 17.2 Å². The quantitative estimate of drug-likeness (QED) is 0.111. The summed E-state index contributed by atoms with van der Waals surface area (Å²) >= 11 is 0. The number of hydrogen-bond donors (Lipinski definition) is 7. The Bertz CT molecular complexity index is 716. The predicted octanol–water partition coefficient (Wildman–Crippen LogP) is -1.57. The van der Waals surface area contributed by atoms with E-state index in [0.717, 1.165) is 0 Å². The van der Waals surface area contributed by atoms with Crippen molar-refractivity contribution in [3.8, 4) is 0 Å². The molecule has 3 unspecified atom stereocenters. The van der Waals surface area contributed by atoms with Gasteiger partial charge in [-0.1, -0.05) is 13.8 Å². The highest BCUT2D eigenvalue weighted by atomic mass is 16.4. The number of amides is 2. The van der Waals surface area contributed by atoms with Gasteiger partial charge in [-0.05, 0) is 25.2 Å². The third-order valence-corrected chi connectivity index (χ3v) is 4.23. The molecule has 2 amide bonds. The van der Waals surface area contributed by atoms with Gasteiger partial charge in [0.2, 0.25) is 11.8 Å². The molecule has 12 heteroatoms. The third-order valence-electron chi connectivity index (χ3n) is 4.23. The van der Waals surface area contributed by atoms with Gasteiger partial charge in [-0.2, -0.15) is 0 Å². The first-order valence-corrected chi connectivity index (χ1v) is 9.71. The summed E-state index contributed by atoms with van der Waals surface area (Å²) in [5.74, 6) is -2.20. The molecular formula is C18H32N8O4. The normalized spacial score (nSPS) is 13.9. The highest BCUT2D eigenvalue weighted by Gasteiger charge is 2.28. The van der Waals surface area contributed by atoms with E-state index >= 15 is 0 Å². The number of rotatable bonds is 13. The van der Waals surface area contributed by atoms with Gasteiger partial charge in [-0.25, -0.2) is 9.78 Å². The number of carbonyl (C=O) groups excluding carboxylic acids is 2. The maximum Gasteiger partial charge on any atom is 0.326 e. The summed E-state index contributed by atoms with van der Waals surface area (Å²) in [4.78, 5) is 47.2. The lowest BCUT2D eigenvalue weighted by molar-refractivity contribution is -0.142. The predicted molar refractivity (Wildman–Crippen MR) is 111 cm³/mol. The van der Waals surface area contributed by atoms with Gasteiger partial charge in [0.1, 0.15) is 12.1 Å². The van der Waals surface area contributed by atoms with Crippen molar-refractivity contribution in [1.82, 2.24) is 20.6 Å². The van der Waals surface area contributed by atoms with Gasteiger partial charge in [-0.3, -0.25) is 14.6 Å². The number of guanidine groups is 1. The average molecular weight is 425 g/mol. The van der Waals surface area contributed by atoms with Crippen LogP contribution in [0.2, 0.25) is 0 Å². The minimum atomic E-state index is -1.21. The first kappa shape index (κ1) is 24.9. The molecule has 1 rings (SSSR count). The number of aromatic nitrogens is 2. The van der Waals surface area contributed by atoms with Crippen molar-refractivity contribution < 1.29 is 19.5 Å². The van der Waals surface area contributed by atoms with Crippen LogP contribution in [0.3, 0.4) is 0 Å². The molecule has 0 saturated carbocycles. The standard InChI is InChI=1S/C18H32N8O4/c1-10(2)6-12(19)15(27)25-13(4-3-5-23-18(20)21)16(28)26-14(17(29)30)7-11-8-22-9-24-11/h8-10,12-14H,3-7,19H2,1-2H3,(H,22,24)(H,25,27)(H,26,28)(H,29,30)(H4,20,21,23). The molecule has 1 aromatic rings. The second-order valence-electron chi connectivity index (χ2n) is 7.43. The van der Waals surface area contributed by atoms with Crippen LogP contribution in [0.15, 0.2) is 17.5 Å². The summed E-state index contributed by atoms with van der Waals surface area (Å²) in [5, 5.41) is 14.5. The molecule has 10 N–H and O–H groups in total. The Morgan fingerprint density at radius 1 is 1.20 bits per heavy atom. The van der Waals surface area contributed by atoms with Crippen LogP contribution in [0.4, 0.5) is 0 Å². The van der Waals surface area contributed by atoms with Crippen molar-refractivity contribution in [2.24, 2.45) is 28.1 Å². The molecule has 0 saturated heterocycles. The van der Waals surface area contributed by atoms with Crippen LogP contribution in [-0.2, 0) is 20.8 Å². The number of nitrogens with two attached hydrogens (primary N) is 3. The molecule has 0 radical (unpaired) electrons. The number of hydrogen-bond acceptors (Lipinski definition) is 6. The lowest BCUT2D eigenvalue weighted by atomic mass is 10.0. The maximum absolute atomic E-state index is 12.8. The summed E-state index contributed by atoms with van der Waals surface area (Å²) < 4.78 is 0. The molecule has 12 nitrogen and oxygen atoms in total. The lowest BCUT2D eigenvalue weighted by Gasteiger charge is -2.23. The Hall–Kier alpha value is -3.15. The number of imidazole rings is 1. The maximum atomic E-state index is 12.8. The number of H-pyrrole nitrogens is 1. The number of aromatic amines is 1. The monoisotopic (exact) mass is 424 g/mol. The highest BCUT2D eigenvalue weighted by Crippen LogP contribution is 2.06. The second kappa shape index (κ2) is 12.4. The van der Waals surface area contributed by atoms with Crippen molar-refractivity contribution in [3.63, 3.8) is 0 Å². The summed E-state index contributed by atoms with van der Waals surface area (Å²) in [7, 11) is 0. The minimum absolute atomic E-state index is 0.0165. The Balaban J connectivity index is 2.83. The van der Waals surface area contributed by atoms with E-state index in [2.05, 4.69) is 25.6 Å². The van der Waals surface area contributed by atoms with Crippen LogP contribution in [0.25, 0.3) is 0 Å². The summed E-state index contributed by atoms with van der Waals surface area (Å²) in [6, 6.07) is -2.95. The minimum Gasteiger partial charge on any atom is -0.480 e. The van der Waals surface area contributed by atoms with E-state index in [9.17, 15) is 19.5 Å². The Morgan fingerprint density at radius 2 is 1.87 bits per heavy atom. The zero-order chi connectivity index (χ0) is 22.7. The highest BCUT2D eigenvalue weighted by molar-refractivity contribution is 5.91. The number of nitrogens with one attached hydrogen (secondary N) is 3. The van der Waals surface area contributed by atoms with E-state index in [1.165, 1.54) is 12.5 Å². The third kappa shape index (κ3) is 9.37. The van der Waals surface area contributed by atoms with E-state index in [-0.39, 0.29) is 31.3 Å². The first-order valence-electron chi connectivity index (χ1n) is 9.71. The van der Waals surface area contributed by atoms with Gasteiger partial charge in [0.25, 0.3) is 0 Å². The number of carboxylic acids is 1. The van der Waals surface area contributed by atoms with Crippen LogP contribution in [-0.4, -0.2) is 63.5 Å². The average Bonchev–Trinajstić information content (AvgIpc) is 3.15. The topological polar surface area (TPSA) is 215 Å². The molecular weight excluding hydrogens is 392 g/mol. The van der Waals surface area contributed by atoms with Gasteiger partial charge in [0.05, 0.1) is 12.4 Å². The largest absolute Gasteiger partial charge is 0.480 e. The fraction of sp³-hybridized carbons (Fsp3) is 0.611. The SMILES string of the molecule is CC(C)CC(N)C(=O)NC(CCCN=C(N)N)C(=O)NC(Cc1cnc[nH]1)C(=O)O. The van der Waals surface area contributed by atoms with Gasteiger partial charge >= 0.3 is 5.97 Å². The van der Waals surface area contributed by atoms with Gasteiger partial charge in [-0.15, -0.1) is 0 Å². The molecule has 168 valence electrons. The van der Waals surface area contributed by atoms with Crippen LogP contribution in [0, 0.1) is 5.92 Å². The number of carbonyl (C=O) groups is 3. The second-order valence-corrected chi connectivity index (χ2v) is 7.43. The number of aliphatic carboxylic acids is 1. The molecule has 0 aromatic carbocycles. The summed E-state index contributed by atoms with van der Waals surface area (Å²) in [6.45, 7) is 4.12. The molecule has 0 spiro atoms. The molecule has 1 aromatic heterocycles. The van der Waals surface area contributed by atoms with Crippen molar-refractivity contribution >= 4 is 23.7 Å². The molecule has 0 aliphatic carbocycles. The molecule has 3 atom stereocenters. The zero-order valence-electron chi connectivity index (χ0n) is 17.3. The van der Waals surface area contributed by atoms with Crippen molar-refractivity contribution in [2.75, 3.05) is 6.54 Å². The van der Waals surface area contributed by atoms with Gasteiger partial charge < -0.3 is 37.9 Å². The Morgan fingerprint density at radius 3 is 2.40 bits per heavy atom. The molecule has 0 fully saturated rings. The lowest BCUT2D eigenvalue weighted by Crippen LogP contribution is -2.55. The molecule has 1 heterocycles. The molecule has 0 aliphatic rings. The Kier molecular flexibility index (Phi) is 10.3. The summed E-state index contributed by atoms with van der Waals surface area (Å²) in [6.07, 6.45) is 3.96. The molecule has 0 aliphatic heterocycles. The number of carboxylic acid groups (broad SMARTS) is 1. The van der Waals surface area contributed by atoms with Gasteiger partial charge in [0.15, 0.2) is 5.96 Å². The Labute approximate surface area is 175 Å². The van der Waals surface area contributed by atoms with Gasteiger partial charge in [0, 0.05) is 24.9 Å². The van der Waals surface area contributed by atoms with E-state index < -0.39 is 35.9 Å². The van der Waals surface area contributed by atoms with Crippen LogP contribution in [0.1, 0.15) is 38.8 Å². The van der Waals surface area contributed by atoms with Crippen molar-refractivity contribution in [2.45, 2.75) is 57.7 Å².